The first kappa shape index (κ1) is 12.0. The molecule has 0 spiro atoms. The van der Waals surface area contributed by atoms with E-state index in [1.165, 1.54) is 38.6 Å². The largest absolute Gasteiger partial charge is 0.377 e. The molecule has 2 aliphatic carbocycles. The number of hydrogen-bond acceptors (Lipinski definition) is 2. The summed E-state index contributed by atoms with van der Waals surface area (Å²) in [6.07, 6.45) is 7.45. The van der Waals surface area contributed by atoms with E-state index in [1.807, 2.05) is 0 Å². The van der Waals surface area contributed by atoms with Gasteiger partial charge in [0.1, 0.15) is 0 Å². The fourth-order valence-corrected chi connectivity index (χ4v) is 4.29. The van der Waals surface area contributed by atoms with E-state index in [0.29, 0.717) is 23.0 Å². The van der Waals surface area contributed by atoms with Gasteiger partial charge in [0.25, 0.3) is 0 Å². The zero-order valence-electron chi connectivity index (χ0n) is 11.6. The molecular weight excluding hydrogens is 210 g/mol. The smallest absolute Gasteiger partial charge is 0.0685 e. The van der Waals surface area contributed by atoms with E-state index in [2.05, 4.69) is 26.1 Å². The minimum absolute atomic E-state index is 0.351. The van der Waals surface area contributed by atoms with Crippen molar-refractivity contribution in [1.29, 1.82) is 0 Å². The second-order valence-corrected chi connectivity index (χ2v) is 7.17. The zero-order valence-corrected chi connectivity index (χ0v) is 11.6. The van der Waals surface area contributed by atoms with Crippen molar-refractivity contribution >= 4 is 0 Å². The molecule has 1 aliphatic heterocycles. The van der Waals surface area contributed by atoms with E-state index in [-0.39, 0.29) is 0 Å². The van der Waals surface area contributed by atoms with Gasteiger partial charge in [0.2, 0.25) is 0 Å². The van der Waals surface area contributed by atoms with Crippen LogP contribution in [0.3, 0.4) is 0 Å². The van der Waals surface area contributed by atoms with Gasteiger partial charge in [-0.1, -0.05) is 27.2 Å². The lowest BCUT2D eigenvalue weighted by atomic mass is 9.57. The van der Waals surface area contributed by atoms with E-state index in [0.717, 1.165) is 12.5 Å². The Hall–Kier alpha value is -0.0800. The highest BCUT2D eigenvalue weighted by Crippen LogP contribution is 2.54. The lowest BCUT2D eigenvalue weighted by Crippen LogP contribution is -2.66. The van der Waals surface area contributed by atoms with Crippen LogP contribution in [-0.4, -0.2) is 25.3 Å². The summed E-state index contributed by atoms with van der Waals surface area (Å²) in [6.45, 7) is 9.29. The monoisotopic (exact) mass is 237 g/mol. The van der Waals surface area contributed by atoms with Crippen molar-refractivity contribution in [2.75, 3.05) is 13.2 Å². The predicted octanol–water partition coefficient (Wildman–Crippen LogP) is 2.97. The van der Waals surface area contributed by atoms with Gasteiger partial charge in [-0.3, -0.25) is 0 Å². The second-order valence-electron chi connectivity index (χ2n) is 7.17. The van der Waals surface area contributed by atoms with Gasteiger partial charge >= 0.3 is 0 Å². The Kier molecular flexibility index (Phi) is 2.79. The topological polar surface area (TPSA) is 21.3 Å². The highest BCUT2D eigenvalue weighted by atomic mass is 16.5. The lowest BCUT2D eigenvalue weighted by Gasteiger charge is -2.55. The van der Waals surface area contributed by atoms with Gasteiger partial charge in [0.15, 0.2) is 0 Å². The Morgan fingerprint density at radius 3 is 2.71 bits per heavy atom. The highest BCUT2D eigenvalue weighted by molar-refractivity contribution is 5.12. The molecular formula is C15H27NO. The summed E-state index contributed by atoms with van der Waals surface area (Å²) < 4.78 is 5.85. The number of hydrogen-bond donors (Lipinski definition) is 1. The van der Waals surface area contributed by atoms with Crippen LogP contribution in [0.15, 0.2) is 0 Å². The van der Waals surface area contributed by atoms with E-state index in [1.54, 1.807) is 0 Å². The van der Waals surface area contributed by atoms with Gasteiger partial charge in [-0.25, -0.2) is 0 Å². The van der Waals surface area contributed by atoms with Gasteiger partial charge in [-0.05, 0) is 31.1 Å². The highest BCUT2D eigenvalue weighted by Gasteiger charge is 2.59. The molecule has 2 nitrogen and oxygen atoms in total. The first-order valence-corrected chi connectivity index (χ1v) is 7.44. The van der Waals surface area contributed by atoms with Crippen LogP contribution in [0.5, 0.6) is 0 Å². The molecule has 3 rings (SSSR count). The Bertz CT molecular complexity index is 295. The summed E-state index contributed by atoms with van der Waals surface area (Å²) in [7, 11) is 0. The minimum Gasteiger partial charge on any atom is -0.377 e. The Morgan fingerprint density at radius 1 is 1.29 bits per heavy atom. The maximum absolute atomic E-state index is 5.85. The summed E-state index contributed by atoms with van der Waals surface area (Å²) in [5.41, 5.74) is 1.03. The van der Waals surface area contributed by atoms with E-state index in [9.17, 15) is 0 Å². The molecule has 0 bridgehead atoms. The fraction of sp³-hybridized carbons (Fsp3) is 1.00. The second kappa shape index (κ2) is 3.96. The number of fused-ring (bicyclic) bond motifs is 1. The molecule has 2 saturated carbocycles. The number of rotatable bonds is 5. The van der Waals surface area contributed by atoms with Crippen LogP contribution >= 0.6 is 0 Å². The molecule has 3 unspecified atom stereocenters. The molecule has 98 valence electrons. The van der Waals surface area contributed by atoms with E-state index in [4.69, 9.17) is 4.74 Å². The van der Waals surface area contributed by atoms with Crippen molar-refractivity contribution in [1.82, 2.24) is 5.32 Å². The summed E-state index contributed by atoms with van der Waals surface area (Å²) in [5.74, 6) is 0.794. The molecule has 1 saturated heterocycles. The van der Waals surface area contributed by atoms with Crippen molar-refractivity contribution in [3.05, 3.63) is 0 Å². The normalized spacial score (nSPS) is 40.8. The third-order valence-corrected chi connectivity index (χ3v) is 5.53. The molecule has 0 aromatic rings. The standard InChI is InChI=1S/C15H27NO/c1-4-6-15(7-8-15)10-16-12-11-5-9-17-13(11)14(12,2)3/h11-13,16H,4-10H2,1-3H3. The molecule has 0 amide bonds. The summed E-state index contributed by atoms with van der Waals surface area (Å²) in [6, 6.07) is 0.698. The van der Waals surface area contributed by atoms with E-state index >= 15 is 0 Å². The fourth-order valence-electron chi connectivity index (χ4n) is 4.29. The quantitative estimate of drug-likeness (QED) is 0.793. The maximum atomic E-state index is 5.85. The molecule has 1 N–H and O–H groups in total. The summed E-state index contributed by atoms with van der Waals surface area (Å²) in [4.78, 5) is 0. The van der Waals surface area contributed by atoms with Gasteiger partial charge in [0.05, 0.1) is 6.10 Å². The van der Waals surface area contributed by atoms with Crippen LogP contribution < -0.4 is 5.32 Å². The first-order chi connectivity index (χ1) is 8.09. The molecule has 2 heteroatoms. The molecule has 3 fully saturated rings. The number of nitrogens with one attached hydrogen (secondary N) is 1. The van der Waals surface area contributed by atoms with Gasteiger partial charge in [-0.2, -0.15) is 0 Å². The van der Waals surface area contributed by atoms with Gasteiger partial charge in [0, 0.05) is 30.5 Å². The predicted molar refractivity (Wildman–Crippen MR) is 70.0 cm³/mol. The van der Waals surface area contributed by atoms with Crippen molar-refractivity contribution in [3.8, 4) is 0 Å². The molecule has 0 aromatic carbocycles. The lowest BCUT2D eigenvalue weighted by molar-refractivity contribution is -0.113. The van der Waals surface area contributed by atoms with E-state index < -0.39 is 0 Å². The van der Waals surface area contributed by atoms with Crippen LogP contribution in [-0.2, 0) is 4.74 Å². The molecule has 3 aliphatic rings. The van der Waals surface area contributed by atoms with Crippen LogP contribution in [0.25, 0.3) is 0 Å². The minimum atomic E-state index is 0.351. The van der Waals surface area contributed by atoms with Crippen LogP contribution in [0.1, 0.15) is 52.9 Å². The molecule has 1 heterocycles. The van der Waals surface area contributed by atoms with Crippen molar-refractivity contribution in [2.45, 2.75) is 65.0 Å². The Balaban J connectivity index is 1.55. The number of ether oxygens (including phenoxy) is 1. The van der Waals surface area contributed by atoms with Gasteiger partial charge < -0.3 is 10.1 Å². The zero-order chi connectivity index (χ0) is 12.1. The Morgan fingerprint density at radius 2 is 2.06 bits per heavy atom. The van der Waals surface area contributed by atoms with Crippen molar-refractivity contribution in [2.24, 2.45) is 16.7 Å². The summed E-state index contributed by atoms with van der Waals surface area (Å²) >= 11 is 0. The molecule has 17 heavy (non-hydrogen) atoms. The average Bonchev–Trinajstić information content (AvgIpc) is 2.89. The van der Waals surface area contributed by atoms with Crippen molar-refractivity contribution in [3.63, 3.8) is 0 Å². The van der Waals surface area contributed by atoms with Crippen molar-refractivity contribution < 1.29 is 4.74 Å². The van der Waals surface area contributed by atoms with Crippen LogP contribution in [0, 0.1) is 16.7 Å². The SMILES string of the molecule is CCCC1(CNC2C3CCOC3C2(C)C)CC1. The van der Waals surface area contributed by atoms with Crippen LogP contribution in [0.4, 0.5) is 0 Å². The molecule has 3 atom stereocenters. The third kappa shape index (κ3) is 1.84. The average molecular weight is 237 g/mol. The summed E-state index contributed by atoms with van der Waals surface area (Å²) in [5, 5.41) is 3.89. The van der Waals surface area contributed by atoms with Crippen LogP contribution in [0.2, 0.25) is 0 Å². The maximum Gasteiger partial charge on any atom is 0.0685 e. The molecule has 0 aromatic heterocycles. The Labute approximate surface area is 105 Å². The first-order valence-electron chi connectivity index (χ1n) is 7.44. The third-order valence-electron chi connectivity index (χ3n) is 5.53. The molecule has 0 radical (unpaired) electrons. The van der Waals surface area contributed by atoms with Gasteiger partial charge in [-0.15, -0.1) is 0 Å².